The molecule has 4 rings (SSSR count). The summed E-state index contributed by atoms with van der Waals surface area (Å²) in [5, 5.41) is 0.803. The number of piperidine rings is 1. The number of thiazole rings is 1. The van der Waals surface area contributed by atoms with E-state index in [-0.39, 0.29) is 17.7 Å². The van der Waals surface area contributed by atoms with Gasteiger partial charge in [0.15, 0.2) is 5.13 Å². The second-order valence-corrected chi connectivity index (χ2v) is 8.68. The average Bonchev–Trinajstić information content (AvgIpc) is 3.21. The molecule has 1 fully saturated rings. The molecule has 1 aliphatic heterocycles. The number of hydrogen-bond donors (Lipinski definition) is 0. The second-order valence-electron chi connectivity index (χ2n) is 7.61. The fourth-order valence-electron chi connectivity index (χ4n) is 4.07. The number of pyridine rings is 1. The number of likely N-dealkylation sites (tertiary alicyclic amines) is 1. The third-order valence-electron chi connectivity index (χ3n) is 5.70. The molecular formula is C22H26N4O2S. The highest BCUT2D eigenvalue weighted by atomic mass is 32.1. The summed E-state index contributed by atoms with van der Waals surface area (Å²) in [6.45, 7) is 5.49. The van der Waals surface area contributed by atoms with Crippen molar-refractivity contribution in [1.29, 1.82) is 0 Å². The van der Waals surface area contributed by atoms with E-state index in [0.717, 1.165) is 23.7 Å². The van der Waals surface area contributed by atoms with Crippen LogP contribution < -0.4 is 4.90 Å². The van der Waals surface area contributed by atoms with Gasteiger partial charge in [-0.2, -0.15) is 0 Å². The van der Waals surface area contributed by atoms with Gasteiger partial charge in [0.25, 0.3) is 5.91 Å². The number of fused-ring (bicyclic) bond motifs is 1. The van der Waals surface area contributed by atoms with Crippen LogP contribution in [0.25, 0.3) is 0 Å². The van der Waals surface area contributed by atoms with E-state index in [2.05, 4.69) is 11.6 Å². The first kappa shape index (κ1) is 19.8. The Labute approximate surface area is 175 Å². The highest BCUT2D eigenvalue weighted by molar-refractivity contribution is 7.16. The normalized spacial score (nSPS) is 16.9. The van der Waals surface area contributed by atoms with Crippen molar-refractivity contribution in [2.45, 2.75) is 38.5 Å². The smallest absolute Gasteiger partial charge is 0.253 e. The van der Waals surface area contributed by atoms with Gasteiger partial charge in [-0.3, -0.25) is 19.5 Å². The second kappa shape index (κ2) is 8.86. The predicted molar refractivity (Wildman–Crippen MR) is 114 cm³/mol. The minimum atomic E-state index is -0.0858. The van der Waals surface area contributed by atoms with Crippen molar-refractivity contribution in [3.8, 4) is 0 Å². The van der Waals surface area contributed by atoms with Crippen LogP contribution in [0.2, 0.25) is 0 Å². The molecule has 2 aromatic heterocycles. The summed E-state index contributed by atoms with van der Waals surface area (Å²) in [5.74, 6) is 0.0261. The van der Waals surface area contributed by atoms with E-state index in [4.69, 9.17) is 4.98 Å². The van der Waals surface area contributed by atoms with Crippen LogP contribution in [-0.2, 0) is 17.6 Å². The first-order valence-corrected chi connectivity index (χ1v) is 11.1. The van der Waals surface area contributed by atoms with Crippen molar-refractivity contribution in [1.82, 2.24) is 14.9 Å². The van der Waals surface area contributed by atoms with Crippen LogP contribution in [0.5, 0.6) is 0 Å². The van der Waals surface area contributed by atoms with Crippen molar-refractivity contribution >= 4 is 28.3 Å². The number of rotatable bonds is 5. The van der Waals surface area contributed by atoms with Gasteiger partial charge in [-0.05, 0) is 50.7 Å². The number of amides is 2. The summed E-state index contributed by atoms with van der Waals surface area (Å²) in [5.41, 5.74) is 1.81. The van der Waals surface area contributed by atoms with Crippen LogP contribution in [0.1, 0.15) is 46.6 Å². The number of carbonyl (C=O) groups excluding carboxylic acids is 2. The number of anilines is 1. The summed E-state index contributed by atoms with van der Waals surface area (Å²) in [6, 6.07) is 3.46. The largest absolute Gasteiger partial charge is 0.339 e. The summed E-state index contributed by atoms with van der Waals surface area (Å²) >= 11 is 1.65. The molecular weight excluding hydrogens is 384 g/mol. The SMILES string of the molecule is C=CCN(C(=O)C1CCN(C(=O)c2ccncc2)CC1)c1nc2c(s1)CCCC2. The molecule has 0 bridgehead atoms. The van der Waals surface area contributed by atoms with E-state index in [1.165, 1.54) is 17.7 Å². The molecule has 0 radical (unpaired) electrons. The third-order valence-corrected chi connectivity index (χ3v) is 6.88. The topological polar surface area (TPSA) is 66.4 Å². The van der Waals surface area contributed by atoms with Crippen molar-refractivity contribution in [3.63, 3.8) is 0 Å². The van der Waals surface area contributed by atoms with E-state index in [1.807, 2.05) is 4.90 Å². The fourth-order valence-corrected chi connectivity index (χ4v) is 5.24. The van der Waals surface area contributed by atoms with Crippen molar-refractivity contribution in [3.05, 3.63) is 53.3 Å². The average molecular weight is 411 g/mol. The molecule has 0 spiro atoms. The lowest BCUT2D eigenvalue weighted by atomic mass is 9.95. The van der Waals surface area contributed by atoms with E-state index >= 15 is 0 Å². The Morgan fingerprint density at radius 3 is 2.62 bits per heavy atom. The molecule has 3 heterocycles. The van der Waals surface area contributed by atoms with Gasteiger partial charge >= 0.3 is 0 Å². The highest BCUT2D eigenvalue weighted by Crippen LogP contribution is 2.33. The number of nitrogens with zero attached hydrogens (tertiary/aromatic N) is 4. The van der Waals surface area contributed by atoms with Crippen LogP contribution in [0.15, 0.2) is 37.2 Å². The van der Waals surface area contributed by atoms with Crippen molar-refractivity contribution < 1.29 is 9.59 Å². The Hall–Kier alpha value is -2.54. The molecule has 1 aliphatic carbocycles. The maximum atomic E-state index is 13.3. The Kier molecular flexibility index (Phi) is 6.04. The Morgan fingerprint density at radius 2 is 1.93 bits per heavy atom. The lowest BCUT2D eigenvalue weighted by Gasteiger charge is -2.33. The third kappa shape index (κ3) is 4.24. The molecule has 7 heteroatoms. The zero-order valence-corrected chi connectivity index (χ0v) is 17.4. The number of hydrogen-bond acceptors (Lipinski definition) is 5. The molecule has 0 aromatic carbocycles. The lowest BCUT2D eigenvalue weighted by Crippen LogP contribution is -2.44. The van der Waals surface area contributed by atoms with E-state index in [1.54, 1.807) is 46.8 Å². The Balaban J connectivity index is 1.42. The van der Waals surface area contributed by atoms with Crippen molar-refractivity contribution in [2.75, 3.05) is 24.5 Å². The van der Waals surface area contributed by atoms with Gasteiger partial charge in [0.1, 0.15) is 0 Å². The van der Waals surface area contributed by atoms with E-state index < -0.39 is 0 Å². The summed E-state index contributed by atoms with van der Waals surface area (Å²) in [6.07, 6.45) is 10.8. The van der Waals surface area contributed by atoms with Gasteiger partial charge in [-0.25, -0.2) is 4.98 Å². The zero-order chi connectivity index (χ0) is 20.2. The molecule has 2 aromatic rings. The first-order chi connectivity index (χ1) is 14.2. The molecule has 2 amide bonds. The van der Waals surface area contributed by atoms with Gasteiger partial charge in [-0.15, -0.1) is 17.9 Å². The maximum Gasteiger partial charge on any atom is 0.253 e. The standard InChI is InChI=1S/C22H26N4O2S/c1-2-13-26(22-24-18-5-3-4-6-19(18)29-22)21(28)17-9-14-25(15-10-17)20(27)16-7-11-23-12-8-16/h2,7-8,11-12,17H,1,3-6,9-10,13-15H2. The molecule has 152 valence electrons. The maximum absolute atomic E-state index is 13.3. The van der Waals surface area contributed by atoms with Crippen molar-refractivity contribution in [2.24, 2.45) is 5.92 Å². The molecule has 0 unspecified atom stereocenters. The van der Waals surface area contributed by atoms with Crippen LogP contribution in [0.4, 0.5) is 5.13 Å². The molecule has 0 N–H and O–H groups in total. The van der Waals surface area contributed by atoms with Crippen LogP contribution >= 0.6 is 11.3 Å². The van der Waals surface area contributed by atoms with Crippen LogP contribution in [0, 0.1) is 5.92 Å². The quantitative estimate of drug-likeness (QED) is 0.708. The summed E-state index contributed by atoms with van der Waals surface area (Å²) < 4.78 is 0. The van der Waals surface area contributed by atoms with E-state index in [9.17, 15) is 9.59 Å². The number of aryl methyl sites for hydroxylation is 2. The first-order valence-electron chi connectivity index (χ1n) is 10.3. The van der Waals surface area contributed by atoms with Gasteiger partial charge in [0, 0.05) is 48.4 Å². The Morgan fingerprint density at radius 1 is 1.21 bits per heavy atom. The molecule has 0 saturated carbocycles. The minimum Gasteiger partial charge on any atom is -0.339 e. The highest BCUT2D eigenvalue weighted by Gasteiger charge is 2.32. The zero-order valence-electron chi connectivity index (χ0n) is 16.5. The van der Waals surface area contributed by atoms with Gasteiger partial charge in [-0.1, -0.05) is 6.08 Å². The molecule has 0 atom stereocenters. The molecule has 1 saturated heterocycles. The van der Waals surface area contributed by atoms with Gasteiger partial charge in [0.2, 0.25) is 5.91 Å². The van der Waals surface area contributed by atoms with Gasteiger partial charge < -0.3 is 4.90 Å². The Bertz CT molecular complexity index is 864. The molecule has 6 nitrogen and oxygen atoms in total. The van der Waals surface area contributed by atoms with Crippen LogP contribution in [-0.4, -0.2) is 46.3 Å². The molecule has 2 aliphatic rings. The lowest BCUT2D eigenvalue weighted by molar-refractivity contribution is -0.123. The molecule has 29 heavy (non-hydrogen) atoms. The summed E-state index contributed by atoms with van der Waals surface area (Å²) in [4.78, 5) is 39.6. The number of carbonyl (C=O) groups is 2. The summed E-state index contributed by atoms with van der Waals surface area (Å²) in [7, 11) is 0. The number of aromatic nitrogens is 2. The van der Waals surface area contributed by atoms with Gasteiger partial charge in [0.05, 0.1) is 5.69 Å². The minimum absolute atomic E-state index is 0.00819. The monoisotopic (exact) mass is 410 g/mol. The van der Waals surface area contributed by atoms with E-state index in [0.29, 0.717) is 38.0 Å². The van der Waals surface area contributed by atoms with Crippen LogP contribution in [0.3, 0.4) is 0 Å². The predicted octanol–water partition coefficient (Wildman–Crippen LogP) is 3.49. The fraction of sp³-hybridized carbons (Fsp3) is 0.455.